The van der Waals surface area contributed by atoms with Crippen molar-refractivity contribution in [3.05, 3.63) is 72.3 Å². The van der Waals surface area contributed by atoms with Crippen LogP contribution in [0.4, 0.5) is 0 Å². The fraction of sp³-hybridized carbons (Fsp3) is 0.125. The van der Waals surface area contributed by atoms with E-state index in [4.69, 9.17) is 0 Å². The zero-order valence-electron chi connectivity index (χ0n) is 9.80. The van der Waals surface area contributed by atoms with Crippen molar-refractivity contribution >= 4 is 10.8 Å². The van der Waals surface area contributed by atoms with Gasteiger partial charge in [0.15, 0.2) is 0 Å². The Morgan fingerprint density at radius 2 is 1.35 bits per heavy atom. The van der Waals surface area contributed by atoms with Gasteiger partial charge in [0.25, 0.3) is 0 Å². The monoisotopic (exact) mass is 402 g/mol. The summed E-state index contributed by atoms with van der Waals surface area (Å²) in [5, 5.41) is 2.62. The molecule has 2 aromatic carbocycles. The summed E-state index contributed by atoms with van der Waals surface area (Å²) in [4.78, 5) is 0. The van der Waals surface area contributed by atoms with E-state index in [1.807, 2.05) is 0 Å². The number of hydrogen-bond acceptors (Lipinski definition) is 0. The van der Waals surface area contributed by atoms with E-state index in [0.29, 0.717) is 0 Å². The topological polar surface area (TPSA) is 0 Å². The first-order valence-electron chi connectivity index (χ1n) is 5.54. The molecule has 2 aromatic rings. The molecule has 0 amide bonds. The van der Waals surface area contributed by atoms with E-state index in [1.54, 1.807) is 0 Å². The summed E-state index contributed by atoms with van der Waals surface area (Å²) < 4.78 is 0. The van der Waals surface area contributed by atoms with Crippen LogP contribution in [0.5, 0.6) is 0 Å². The van der Waals surface area contributed by atoms with Gasteiger partial charge in [0.1, 0.15) is 0 Å². The average Bonchev–Trinajstić information content (AvgIpc) is 2.81. The van der Waals surface area contributed by atoms with Crippen LogP contribution < -0.4 is 0 Å². The fourth-order valence-corrected chi connectivity index (χ4v) is 1.65. The van der Waals surface area contributed by atoms with Gasteiger partial charge < -0.3 is 0 Å². The molecule has 0 saturated carbocycles. The zero-order chi connectivity index (χ0) is 11.2. The Balaban J connectivity index is 0.000000180. The SMILES string of the molecule is CC1=[C-]CC=C1.[Pt].c1ccc2ccccc2c1. The first-order valence-corrected chi connectivity index (χ1v) is 5.54. The van der Waals surface area contributed by atoms with E-state index < -0.39 is 0 Å². The largest absolute Gasteiger partial charge is 0.270 e. The van der Waals surface area contributed by atoms with Crippen molar-refractivity contribution in [3.8, 4) is 0 Å². The Kier molecular flexibility index (Phi) is 5.94. The quantitative estimate of drug-likeness (QED) is 0.568. The minimum Gasteiger partial charge on any atom is -0.270 e. The summed E-state index contributed by atoms with van der Waals surface area (Å²) in [6, 6.07) is 16.7. The Morgan fingerprint density at radius 1 is 0.882 bits per heavy atom. The van der Waals surface area contributed by atoms with Gasteiger partial charge in [-0.15, -0.1) is 6.42 Å². The van der Waals surface area contributed by atoms with Crippen LogP contribution >= 0.6 is 0 Å². The molecule has 0 unspecified atom stereocenters. The number of allylic oxidation sites excluding steroid dienone is 4. The second-order valence-corrected chi connectivity index (χ2v) is 3.81. The van der Waals surface area contributed by atoms with Crippen molar-refractivity contribution in [2.45, 2.75) is 13.3 Å². The molecule has 90 valence electrons. The molecular formula is C16H15Pt-. The van der Waals surface area contributed by atoms with Crippen LogP contribution in [0.1, 0.15) is 13.3 Å². The first-order chi connectivity index (χ1) is 7.86. The van der Waals surface area contributed by atoms with Crippen molar-refractivity contribution < 1.29 is 21.1 Å². The van der Waals surface area contributed by atoms with Crippen molar-refractivity contribution in [3.63, 3.8) is 0 Å². The molecule has 1 aliphatic rings. The van der Waals surface area contributed by atoms with E-state index in [2.05, 4.69) is 73.7 Å². The summed E-state index contributed by atoms with van der Waals surface area (Å²) in [5.74, 6) is 0. The third-order valence-corrected chi connectivity index (χ3v) is 2.53. The molecule has 17 heavy (non-hydrogen) atoms. The standard InChI is InChI=1S/C10H8.C6H7.Pt/c1-2-6-10-8-4-3-7-9(10)5-1;1-6-4-2-3-5-6;/h1-8H;2,4H,3H2,1H3;/q;-1;. The van der Waals surface area contributed by atoms with Crippen molar-refractivity contribution in [1.82, 2.24) is 0 Å². The van der Waals surface area contributed by atoms with Crippen LogP contribution in [0, 0.1) is 6.08 Å². The molecule has 0 aromatic heterocycles. The van der Waals surface area contributed by atoms with E-state index in [0.717, 1.165) is 6.42 Å². The van der Waals surface area contributed by atoms with Gasteiger partial charge in [0, 0.05) is 21.1 Å². The predicted molar refractivity (Wildman–Crippen MR) is 70.1 cm³/mol. The van der Waals surface area contributed by atoms with Crippen molar-refractivity contribution in [2.75, 3.05) is 0 Å². The molecule has 0 heterocycles. The first kappa shape index (κ1) is 13.9. The normalized spacial score (nSPS) is 12.4. The Morgan fingerprint density at radius 3 is 1.59 bits per heavy atom. The molecule has 1 aliphatic carbocycles. The third kappa shape index (κ3) is 4.32. The second-order valence-electron chi connectivity index (χ2n) is 3.81. The predicted octanol–water partition coefficient (Wildman–Crippen LogP) is 4.53. The van der Waals surface area contributed by atoms with Crippen LogP contribution in [-0.4, -0.2) is 0 Å². The molecule has 0 saturated heterocycles. The molecule has 0 N–H and O–H groups in total. The van der Waals surface area contributed by atoms with Crippen LogP contribution in [0.3, 0.4) is 0 Å². The number of benzene rings is 2. The molecule has 0 nitrogen and oxygen atoms in total. The van der Waals surface area contributed by atoms with Crippen molar-refractivity contribution in [2.24, 2.45) is 0 Å². The Bertz CT molecular complexity index is 456. The second kappa shape index (κ2) is 7.24. The van der Waals surface area contributed by atoms with Gasteiger partial charge in [-0.3, -0.25) is 6.08 Å². The van der Waals surface area contributed by atoms with E-state index in [1.165, 1.54) is 16.3 Å². The maximum atomic E-state index is 3.12. The molecule has 0 atom stereocenters. The molecular weight excluding hydrogens is 387 g/mol. The van der Waals surface area contributed by atoms with Gasteiger partial charge in [-0.1, -0.05) is 55.5 Å². The van der Waals surface area contributed by atoms with Gasteiger partial charge in [-0.2, -0.15) is 6.08 Å². The van der Waals surface area contributed by atoms with Gasteiger partial charge in [-0.25, -0.2) is 11.6 Å². The molecule has 0 bridgehead atoms. The maximum absolute atomic E-state index is 3.12. The number of hydrogen-bond donors (Lipinski definition) is 0. The minimum absolute atomic E-state index is 0. The maximum Gasteiger partial charge on any atom is 0 e. The summed E-state index contributed by atoms with van der Waals surface area (Å²) in [6.45, 7) is 2.06. The summed E-state index contributed by atoms with van der Waals surface area (Å²) in [7, 11) is 0. The van der Waals surface area contributed by atoms with Crippen LogP contribution in [0.2, 0.25) is 0 Å². The van der Waals surface area contributed by atoms with Gasteiger partial charge in [0.05, 0.1) is 0 Å². The third-order valence-electron chi connectivity index (χ3n) is 2.53. The molecule has 0 spiro atoms. The number of rotatable bonds is 0. The minimum atomic E-state index is 0. The zero-order valence-corrected chi connectivity index (χ0v) is 12.1. The fourth-order valence-electron chi connectivity index (χ4n) is 1.65. The Labute approximate surface area is 117 Å². The smallest absolute Gasteiger partial charge is 0 e. The van der Waals surface area contributed by atoms with Crippen LogP contribution in [0.15, 0.2) is 66.3 Å². The van der Waals surface area contributed by atoms with Crippen molar-refractivity contribution in [1.29, 1.82) is 0 Å². The van der Waals surface area contributed by atoms with Gasteiger partial charge >= 0.3 is 0 Å². The van der Waals surface area contributed by atoms with Crippen LogP contribution in [-0.2, 0) is 21.1 Å². The number of fused-ring (bicyclic) bond motifs is 1. The van der Waals surface area contributed by atoms with Gasteiger partial charge in [-0.05, 0) is 10.8 Å². The van der Waals surface area contributed by atoms with Crippen LogP contribution in [0.25, 0.3) is 10.8 Å². The summed E-state index contributed by atoms with van der Waals surface area (Å²) >= 11 is 0. The van der Waals surface area contributed by atoms with E-state index in [9.17, 15) is 0 Å². The molecule has 0 radical (unpaired) electrons. The molecule has 0 aliphatic heterocycles. The molecule has 3 rings (SSSR count). The van der Waals surface area contributed by atoms with E-state index >= 15 is 0 Å². The molecule has 0 fully saturated rings. The summed E-state index contributed by atoms with van der Waals surface area (Å²) in [6.07, 6.45) is 8.33. The summed E-state index contributed by atoms with van der Waals surface area (Å²) in [5.41, 5.74) is 1.27. The Hall–Kier alpha value is -1.13. The van der Waals surface area contributed by atoms with E-state index in [-0.39, 0.29) is 21.1 Å². The average molecular weight is 402 g/mol. The van der Waals surface area contributed by atoms with Gasteiger partial charge in [0.2, 0.25) is 0 Å². The molecule has 1 heteroatoms.